The Kier molecular flexibility index (Phi) is 6.21. The lowest BCUT2D eigenvalue weighted by atomic mass is 10.1. The lowest BCUT2D eigenvalue weighted by molar-refractivity contribution is -0.132. The van der Waals surface area contributed by atoms with Gasteiger partial charge in [-0.15, -0.1) is 0 Å². The third kappa shape index (κ3) is 4.85. The van der Waals surface area contributed by atoms with Crippen molar-refractivity contribution in [1.29, 1.82) is 0 Å². The number of carbonyl (C=O) groups is 2. The highest BCUT2D eigenvalue weighted by Gasteiger charge is 2.18. The minimum atomic E-state index is -1.06. The molecule has 3 aromatic rings. The Morgan fingerprint density at radius 3 is 2.61 bits per heavy atom. The highest BCUT2D eigenvalue weighted by atomic mass is 16.4. The van der Waals surface area contributed by atoms with Gasteiger partial charge in [0.25, 0.3) is 0 Å². The van der Waals surface area contributed by atoms with Crippen molar-refractivity contribution >= 4 is 11.9 Å². The van der Waals surface area contributed by atoms with E-state index in [2.05, 4.69) is 10.2 Å². The first-order valence-electron chi connectivity index (χ1n) is 9.15. The summed E-state index contributed by atoms with van der Waals surface area (Å²) in [5.74, 6) is -1.19. The van der Waals surface area contributed by atoms with E-state index in [0.717, 1.165) is 24.2 Å². The minimum absolute atomic E-state index is 0.0116. The zero-order valence-electron chi connectivity index (χ0n) is 15.7. The fourth-order valence-corrected chi connectivity index (χ4v) is 2.97. The van der Waals surface area contributed by atoms with Gasteiger partial charge in [0.15, 0.2) is 0 Å². The van der Waals surface area contributed by atoms with Crippen LogP contribution in [0.25, 0.3) is 0 Å². The summed E-state index contributed by atoms with van der Waals surface area (Å²) < 4.78 is 3.22. The molecule has 0 unspecified atom stereocenters. The van der Waals surface area contributed by atoms with E-state index in [1.807, 2.05) is 48.0 Å². The molecule has 8 nitrogen and oxygen atoms in total. The van der Waals surface area contributed by atoms with Gasteiger partial charge in [0.2, 0.25) is 5.91 Å². The van der Waals surface area contributed by atoms with E-state index in [9.17, 15) is 9.59 Å². The number of hydrogen-bond donors (Lipinski definition) is 1. The maximum absolute atomic E-state index is 12.9. The van der Waals surface area contributed by atoms with Gasteiger partial charge in [0.1, 0.15) is 6.54 Å². The Morgan fingerprint density at radius 1 is 1.14 bits per heavy atom. The number of rotatable bonds is 9. The van der Waals surface area contributed by atoms with Crippen LogP contribution >= 0.6 is 0 Å². The Morgan fingerprint density at radius 2 is 1.93 bits per heavy atom. The van der Waals surface area contributed by atoms with Gasteiger partial charge in [0, 0.05) is 25.5 Å². The molecule has 2 heterocycles. The molecule has 3 rings (SSSR count). The molecule has 0 radical (unpaired) electrons. The van der Waals surface area contributed by atoms with Crippen LogP contribution < -0.4 is 0 Å². The Bertz CT molecular complexity index is 932. The normalized spacial score (nSPS) is 10.8. The van der Waals surface area contributed by atoms with Crippen LogP contribution in [-0.4, -0.2) is 48.0 Å². The van der Waals surface area contributed by atoms with E-state index < -0.39 is 5.97 Å². The van der Waals surface area contributed by atoms with Crippen molar-refractivity contribution < 1.29 is 14.7 Å². The zero-order valence-corrected chi connectivity index (χ0v) is 15.7. The van der Waals surface area contributed by atoms with E-state index in [1.165, 1.54) is 17.1 Å². The molecule has 0 bridgehead atoms. The molecular formula is C20H23N5O3. The quantitative estimate of drug-likeness (QED) is 0.612. The summed E-state index contributed by atoms with van der Waals surface area (Å²) in [5, 5.41) is 17.3. The summed E-state index contributed by atoms with van der Waals surface area (Å²) in [6.45, 7) is 3.70. The second-order valence-electron chi connectivity index (χ2n) is 6.42. The van der Waals surface area contributed by atoms with E-state index in [4.69, 9.17) is 5.11 Å². The topological polar surface area (TPSA) is 93.2 Å². The predicted molar refractivity (Wildman–Crippen MR) is 103 cm³/mol. The Hall–Kier alpha value is -3.42. The third-order valence-electron chi connectivity index (χ3n) is 4.50. The number of carboxylic acid groups (broad SMARTS) is 1. The minimum Gasteiger partial charge on any atom is -0.478 e. The van der Waals surface area contributed by atoms with Crippen molar-refractivity contribution in [2.24, 2.45) is 0 Å². The number of aryl methyl sites for hydroxylation is 1. The number of carbonyl (C=O) groups excluding carboxylic acids is 1. The van der Waals surface area contributed by atoms with Crippen molar-refractivity contribution in [3.05, 3.63) is 71.8 Å². The summed E-state index contributed by atoms with van der Waals surface area (Å²) in [4.78, 5) is 25.7. The first-order valence-corrected chi connectivity index (χ1v) is 9.15. The van der Waals surface area contributed by atoms with Gasteiger partial charge in [-0.25, -0.2) is 4.79 Å². The average Bonchev–Trinajstić information content (AvgIpc) is 3.35. The number of aromatic nitrogens is 4. The van der Waals surface area contributed by atoms with E-state index >= 15 is 0 Å². The number of carboxylic acids is 1. The Balaban J connectivity index is 1.73. The van der Waals surface area contributed by atoms with Gasteiger partial charge < -0.3 is 10.0 Å². The summed E-state index contributed by atoms with van der Waals surface area (Å²) in [6.07, 6.45) is 5.07. The van der Waals surface area contributed by atoms with Gasteiger partial charge in [-0.2, -0.15) is 10.2 Å². The number of amides is 1. The molecular weight excluding hydrogens is 358 g/mol. The molecule has 1 N–H and O–H groups in total. The summed E-state index contributed by atoms with van der Waals surface area (Å²) >= 11 is 0. The standard InChI is InChI=1S/C20H23N5O3/c1-2-25-18(8-10-21-25)14-23(11-9-16-6-4-3-5-7-16)19(26)15-24-13-17(12-22-24)20(27)28/h3-8,10,12-13H,2,9,11,14-15H2,1H3,(H,27,28). The Labute approximate surface area is 163 Å². The molecule has 0 aliphatic heterocycles. The second kappa shape index (κ2) is 8.98. The van der Waals surface area contributed by atoms with Crippen molar-refractivity contribution in [3.8, 4) is 0 Å². The van der Waals surface area contributed by atoms with Gasteiger partial charge in [-0.1, -0.05) is 30.3 Å². The molecule has 1 amide bonds. The zero-order chi connectivity index (χ0) is 19.9. The van der Waals surface area contributed by atoms with Crippen LogP contribution in [-0.2, 0) is 30.8 Å². The van der Waals surface area contributed by atoms with Crippen LogP contribution in [0.4, 0.5) is 0 Å². The lowest BCUT2D eigenvalue weighted by Gasteiger charge is -2.23. The molecule has 146 valence electrons. The van der Waals surface area contributed by atoms with Crippen LogP contribution in [0.15, 0.2) is 55.0 Å². The molecule has 2 aromatic heterocycles. The predicted octanol–water partition coefficient (Wildman–Crippen LogP) is 2.07. The molecule has 8 heteroatoms. The first kappa shape index (κ1) is 19.3. The number of hydrogen-bond acceptors (Lipinski definition) is 4. The van der Waals surface area contributed by atoms with Gasteiger partial charge in [-0.05, 0) is 25.0 Å². The maximum atomic E-state index is 12.9. The molecule has 0 fully saturated rings. The van der Waals surface area contributed by atoms with Crippen LogP contribution in [0.5, 0.6) is 0 Å². The molecule has 0 aliphatic rings. The first-order chi connectivity index (χ1) is 13.6. The van der Waals surface area contributed by atoms with E-state index in [0.29, 0.717) is 13.1 Å². The van der Waals surface area contributed by atoms with Crippen molar-refractivity contribution in [3.63, 3.8) is 0 Å². The fourth-order valence-electron chi connectivity index (χ4n) is 2.97. The molecule has 28 heavy (non-hydrogen) atoms. The molecule has 0 atom stereocenters. The lowest BCUT2D eigenvalue weighted by Crippen LogP contribution is -2.36. The maximum Gasteiger partial charge on any atom is 0.338 e. The molecule has 0 saturated heterocycles. The third-order valence-corrected chi connectivity index (χ3v) is 4.50. The van der Waals surface area contributed by atoms with Gasteiger partial charge in [-0.3, -0.25) is 14.2 Å². The number of aromatic carboxylic acids is 1. The summed E-state index contributed by atoms with van der Waals surface area (Å²) in [6, 6.07) is 11.9. The second-order valence-corrected chi connectivity index (χ2v) is 6.42. The SMILES string of the molecule is CCn1nccc1CN(CCc1ccccc1)C(=O)Cn1cc(C(=O)O)cn1. The summed E-state index contributed by atoms with van der Waals surface area (Å²) in [7, 11) is 0. The van der Waals surface area contributed by atoms with Crippen LogP contribution in [0.1, 0.15) is 28.5 Å². The molecule has 1 aromatic carbocycles. The number of benzene rings is 1. The van der Waals surface area contributed by atoms with Crippen LogP contribution in [0.2, 0.25) is 0 Å². The molecule has 0 saturated carbocycles. The van der Waals surface area contributed by atoms with E-state index in [-0.39, 0.29) is 18.0 Å². The van der Waals surface area contributed by atoms with Crippen LogP contribution in [0.3, 0.4) is 0 Å². The van der Waals surface area contributed by atoms with Crippen molar-refractivity contribution in [2.45, 2.75) is 33.0 Å². The van der Waals surface area contributed by atoms with Gasteiger partial charge in [0.05, 0.1) is 24.0 Å². The highest BCUT2D eigenvalue weighted by molar-refractivity contribution is 5.87. The smallest absolute Gasteiger partial charge is 0.338 e. The summed E-state index contributed by atoms with van der Waals surface area (Å²) in [5.41, 5.74) is 2.17. The number of nitrogens with zero attached hydrogens (tertiary/aromatic N) is 5. The van der Waals surface area contributed by atoms with E-state index in [1.54, 1.807) is 11.1 Å². The van der Waals surface area contributed by atoms with Crippen LogP contribution in [0, 0.1) is 0 Å². The average molecular weight is 381 g/mol. The van der Waals surface area contributed by atoms with Crippen molar-refractivity contribution in [1.82, 2.24) is 24.5 Å². The molecule has 0 aliphatic carbocycles. The van der Waals surface area contributed by atoms with Crippen molar-refractivity contribution in [2.75, 3.05) is 6.54 Å². The monoisotopic (exact) mass is 381 g/mol. The largest absolute Gasteiger partial charge is 0.478 e. The fraction of sp³-hybridized carbons (Fsp3) is 0.300. The van der Waals surface area contributed by atoms with Gasteiger partial charge >= 0.3 is 5.97 Å². The molecule has 0 spiro atoms. The highest BCUT2D eigenvalue weighted by Crippen LogP contribution is 2.09.